The highest BCUT2D eigenvalue weighted by Crippen LogP contribution is 2.42. The molecule has 0 saturated carbocycles. The number of ether oxygens (including phenoxy) is 1. The van der Waals surface area contributed by atoms with Crippen molar-refractivity contribution in [3.05, 3.63) is 40.2 Å². The maximum absolute atomic E-state index is 12.6. The second-order valence-electron chi connectivity index (χ2n) is 7.47. The first-order valence-electron chi connectivity index (χ1n) is 8.83. The van der Waals surface area contributed by atoms with Gasteiger partial charge in [-0.3, -0.25) is 0 Å². The minimum Gasteiger partial charge on any atom is -0.508 e. The summed E-state index contributed by atoms with van der Waals surface area (Å²) in [6.07, 6.45) is 0.729. The fourth-order valence-corrected chi connectivity index (χ4v) is 3.47. The summed E-state index contributed by atoms with van der Waals surface area (Å²) in [6, 6.07) is 5.82. The van der Waals surface area contributed by atoms with Crippen molar-refractivity contribution in [2.75, 3.05) is 7.11 Å². The minimum absolute atomic E-state index is 0.00993. The van der Waals surface area contributed by atoms with E-state index < -0.39 is 11.2 Å². The van der Waals surface area contributed by atoms with Gasteiger partial charge in [-0.1, -0.05) is 0 Å². The van der Waals surface area contributed by atoms with Crippen molar-refractivity contribution in [1.29, 1.82) is 0 Å². The summed E-state index contributed by atoms with van der Waals surface area (Å²) in [5, 5.41) is 31.4. The summed E-state index contributed by atoms with van der Waals surface area (Å²) in [6.45, 7) is 3.36. The molecule has 146 valence electrons. The molecule has 4 aromatic rings. The van der Waals surface area contributed by atoms with Gasteiger partial charge in [0, 0.05) is 23.1 Å². The highest BCUT2D eigenvalue weighted by atomic mass is 16.5. The third-order valence-corrected chi connectivity index (χ3v) is 4.82. The molecule has 0 fully saturated rings. The third-order valence-electron chi connectivity index (χ3n) is 4.82. The Bertz CT molecular complexity index is 1270. The lowest BCUT2D eigenvalue weighted by molar-refractivity contribution is 0.0711. The number of aromatic hydroxyl groups is 2. The summed E-state index contributed by atoms with van der Waals surface area (Å²) in [4.78, 5) is 12.6. The van der Waals surface area contributed by atoms with E-state index in [1.807, 2.05) is 0 Å². The van der Waals surface area contributed by atoms with E-state index in [2.05, 4.69) is 0 Å². The summed E-state index contributed by atoms with van der Waals surface area (Å²) in [5.41, 5.74) is -0.339. The summed E-state index contributed by atoms with van der Waals surface area (Å²) >= 11 is 0. The van der Waals surface area contributed by atoms with E-state index in [1.165, 1.54) is 25.3 Å². The zero-order valence-electron chi connectivity index (χ0n) is 15.7. The van der Waals surface area contributed by atoms with Crippen LogP contribution < -0.4 is 10.4 Å². The topological polar surface area (TPSA) is 113 Å². The molecule has 0 radical (unpaired) electrons. The molecule has 2 aromatic heterocycles. The van der Waals surface area contributed by atoms with Crippen molar-refractivity contribution in [3.63, 3.8) is 0 Å². The molecular weight excluding hydrogens is 364 g/mol. The van der Waals surface area contributed by atoms with Crippen LogP contribution in [0.2, 0.25) is 0 Å². The van der Waals surface area contributed by atoms with Crippen LogP contribution in [0.1, 0.15) is 25.8 Å². The van der Waals surface area contributed by atoms with Crippen LogP contribution in [0.3, 0.4) is 0 Å². The van der Waals surface area contributed by atoms with Gasteiger partial charge in [0.2, 0.25) is 0 Å². The smallest absolute Gasteiger partial charge is 0.348 e. The number of aliphatic hydroxyl groups is 1. The first-order chi connectivity index (χ1) is 13.2. The van der Waals surface area contributed by atoms with Gasteiger partial charge in [0.15, 0.2) is 5.58 Å². The van der Waals surface area contributed by atoms with Gasteiger partial charge in [-0.05, 0) is 38.8 Å². The summed E-state index contributed by atoms with van der Waals surface area (Å²) in [5.74, 6) is 0.233. The Kier molecular flexibility index (Phi) is 4.01. The van der Waals surface area contributed by atoms with E-state index in [0.717, 1.165) is 0 Å². The molecule has 0 bridgehead atoms. The molecular formula is C21H20O7. The molecule has 0 aliphatic carbocycles. The number of hydrogen-bond acceptors (Lipinski definition) is 7. The lowest BCUT2D eigenvalue weighted by atomic mass is 9.96. The molecule has 3 N–H and O–H groups in total. The van der Waals surface area contributed by atoms with Gasteiger partial charge >= 0.3 is 5.63 Å². The second-order valence-corrected chi connectivity index (χ2v) is 7.47. The largest absolute Gasteiger partial charge is 0.508 e. The maximum Gasteiger partial charge on any atom is 0.348 e. The van der Waals surface area contributed by atoms with Crippen molar-refractivity contribution in [2.45, 2.75) is 32.3 Å². The van der Waals surface area contributed by atoms with Crippen LogP contribution in [0.25, 0.3) is 32.9 Å². The van der Waals surface area contributed by atoms with Gasteiger partial charge < -0.3 is 28.9 Å². The Hall–Kier alpha value is -3.19. The standard InChI is InChI=1S/C21H20O7/c1-21(2,25)7-6-11-13(23)9-15-17(18(11)26-3)19-16(20(24)28-15)12-5-4-10(22)8-14(12)27-19/h4-5,8-9,22-23,25H,6-7H2,1-3H3. The minimum atomic E-state index is -0.929. The van der Waals surface area contributed by atoms with Crippen molar-refractivity contribution >= 4 is 32.9 Å². The summed E-state index contributed by atoms with van der Waals surface area (Å²) in [7, 11) is 1.45. The van der Waals surface area contributed by atoms with Gasteiger partial charge in [0.1, 0.15) is 39.2 Å². The second kappa shape index (κ2) is 6.17. The molecule has 0 atom stereocenters. The summed E-state index contributed by atoms with van der Waals surface area (Å²) < 4.78 is 16.9. The average molecular weight is 384 g/mol. The number of methoxy groups -OCH3 is 1. The number of furan rings is 1. The Balaban J connectivity index is 2.11. The number of phenolic OH excluding ortho intramolecular Hbond substituents is 2. The molecule has 0 aliphatic heterocycles. The van der Waals surface area contributed by atoms with E-state index in [0.29, 0.717) is 40.5 Å². The van der Waals surface area contributed by atoms with Crippen LogP contribution in [0, 0.1) is 0 Å². The van der Waals surface area contributed by atoms with E-state index in [4.69, 9.17) is 13.6 Å². The predicted molar refractivity (Wildman–Crippen MR) is 104 cm³/mol. The average Bonchev–Trinajstić information content (AvgIpc) is 2.97. The number of fused-ring (bicyclic) bond motifs is 5. The van der Waals surface area contributed by atoms with Crippen LogP contribution in [0.5, 0.6) is 17.2 Å². The van der Waals surface area contributed by atoms with Gasteiger partial charge in [0.25, 0.3) is 0 Å². The number of hydrogen-bond donors (Lipinski definition) is 3. The van der Waals surface area contributed by atoms with Crippen molar-refractivity contribution in [3.8, 4) is 17.2 Å². The van der Waals surface area contributed by atoms with Crippen molar-refractivity contribution in [1.82, 2.24) is 0 Å². The fourth-order valence-electron chi connectivity index (χ4n) is 3.47. The Morgan fingerprint density at radius 3 is 2.50 bits per heavy atom. The highest BCUT2D eigenvalue weighted by Gasteiger charge is 2.24. The number of benzene rings is 2. The van der Waals surface area contributed by atoms with Crippen LogP contribution in [0.4, 0.5) is 0 Å². The van der Waals surface area contributed by atoms with Crippen molar-refractivity contribution in [2.24, 2.45) is 0 Å². The third kappa shape index (κ3) is 2.84. The maximum atomic E-state index is 12.6. The fraction of sp³-hybridized carbons (Fsp3) is 0.286. The van der Waals surface area contributed by atoms with E-state index >= 15 is 0 Å². The van der Waals surface area contributed by atoms with Crippen molar-refractivity contribution < 1.29 is 28.9 Å². The molecule has 0 unspecified atom stereocenters. The van der Waals surface area contributed by atoms with Crippen LogP contribution >= 0.6 is 0 Å². The molecule has 0 saturated heterocycles. The van der Waals surface area contributed by atoms with Gasteiger partial charge in [0.05, 0.1) is 12.7 Å². The van der Waals surface area contributed by atoms with E-state index in [9.17, 15) is 20.1 Å². The lowest BCUT2D eigenvalue weighted by Gasteiger charge is -2.19. The Labute approximate surface area is 159 Å². The molecule has 7 nitrogen and oxygen atoms in total. The molecule has 0 spiro atoms. The monoisotopic (exact) mass is 384 g/mol. The van der Waals surface area contributed by atoms with Crippen LogP contribution in [0.15, 0.2) is 37.9 Å². The first kappa shape index (κ1) is 18.2. The molecule has 7 heteroatoms. The Morgan fingerprint density at radius 2 is 1.82 bits per heavy atom. The molecule has 28 heavy (non-hydrogen) atoms. The van der Waals surface area contributed by atoms with Crippen LogP contribution in [-0.2, 0) is 6.42 Å². The predicted octanol–water partition coefficient (Wildman–Crippen LogP) is 3.82. The molecule has 0 amide bonds. The lowest BCUT2D eigenvalue weighted by Crippen LogP contribution is -2.19. The van der Waals surface area contributed by atoms with Gasteiger partial charge in [-0.15, -0.1) is 0 Å². The number of phenols is 2. The highest BCUT2D eigenvalue weighted by molar-refractivity contribution is 6.15. The molecule has 2 aromatic carbocycles. The Morgan fingerprint density at radius 1 is 1.07 bits per heavy atom. The molecule has 4 rings (SSSR count). The quantitative estimate of drug-likeness (QED) is 0.458. The zero-order chi connectivity index (χ0) is 20.2. The normalized spacial score (nSPS) is 12.3. The SMILES string of the molecule is COc1c(CCC(C)(C)O)c(O)cc2oc(=O)c3c4ccc(O)cc4oc3c12. The first-order valence-corrected chi connectivity index (χ1v) is 8.83. The van der Waals surface area contributed by atoms with Gasteiger partial charge in [-0.2, -0.15) is 0 Å². The number of rotatable bonds is 4. The molecule has 2 heterocycles. The van der Waals surface area contributed by atoms with E-state index in [1.54, 1.807) is 19.9 Å². The van der Waals surface area contributed by atoms with Gasteiger partial charge in [-0.25, -0.2) is 4.79 Å². The van der Waals surface area contributed by atoms with E-state index in [-0.39, 0.29) is 28.1 Å². The molecule has 0 aliphatic rings. The zero-order valence-corrected chi connectivity index (χ0v) is 15.7. The van der Waals surface area contributed by atoms with Crippen LogP contribution in [-0.4, -0.2) is 28.0 Å².